The maximum atomic E-state index is 10.9. The van der Waals surface area contributed by atoms with E-state index in [4.69, 9.17) is 39.7 Å². The van der Waals surface area contributed by atoms with E-state index >= 15 is 0 Å². The van der Waals surface area contributed by atoms with Crippen LogP contribution in [0.15, 0.2) is 73.6 Å². The molecule has 0 amide bonds. The quantitative estimate of drug-likeness (QED) is 0.0838. The molecule has 0 fully saturated rings. The molecule has 0 bridgehead atoms. The molecule has 0 aliphatic rings. The zero-order valence-electron chi connectivity index (χ0n) is 24.2. The molecule has 19 heteroatoms. The SMILES string of the molecule is ClCBr.O=C(O)c1cccnc1.O=C(OCCl)c1cccnc1.O=C([O-])c1cccnc1.O=CO[O-].[2H]CF.[Cs+].[Cs+].[Cs+].[H-]. The van der Waals surface area contributed by atoms with Crippen LogP contribution in [0.1, 0.15) is 33.9 Å². The summed E-state index contributed by atoms with van der Waals surface area (Å²) in [6.07, 6.45) is 8.60. The van der Waals surface area contributed by atoms with Gasteiger partial charge < -0.3 is 31.3 Å². The molecular weight excluding hydrogens is 1020 g/mol. The number of esters is 1. The zero-order valence-corrected chi connectivity index (χ0v) is 44.1. The van der Waals surface area contributed by atoms with Crippen molar-refractivity contribution in [1.82, 2.24) is 15.0 Å². The molecule has 0 aromatic carbocycles. The standard InChI is InChI=1S/C7H6ClNO2.2C6H5NO2.CH2BrCl.CH3F.CH2O3.3Cs.H/c8-5-11-7(10)6-2-1-3-9-4-6;2*8-6(9)5-2-1-3-7-4-5;2-1-3;1-2;2-1-4-3;;;;/h1-4H,5H2;2*1-4H,(H,8,9);1H2;1H3;1,3H;;;;/q;;;;;;3*+1;-1/p-2/i;;;;1D;;;;;. The van der Waals surface area contributed by atoms with E-state index in [9.17, 15) is 23.9 Å². The van der Waals surface area contributed by atoms with Gasteiger partial charge in [0.2, 0.25) is 0 Å². The van der Waals surface area contributed by atoms with Crippen LogP contribution in [0, 0.1) is 0 Å². The largest absolute Gasteiger partial charge is 1.00 e. The summed E-state index contributed by atoms with van der Waals surface area (Å²) in [7, 11) is -1.00. The van der Waals surface area contributed by atoms with E-state index in [0.717, 1.165) is 0 Å². The second-order valence-corrected chi connectivity index (χ2v) is 6.84. The van der Waals surface area contributed by atoms with Gasteiger partial charge >= 0.3 is 219 Å². The molecule has 0 unspecified atom stereocenters. The molecule has 3 rings (SSSR count). The number of pyridine rings is 3. The second-order valence-electron chi connectivity index (χ2n) is 5.15. The van der Waals surface area contributed by atoms with E-state index in [1.807, 2.05) is 0 Å². The third-order valence-corrected chi connectivity index (χ3v) is 3.04. The Bertz CT molecular complexity index is 988. The summed E-state index contributed by atoms with van der Waals surface area (Å²) in [6.45, 7) is -0.181. The van der Waals surface area contributed by atoms with Crippen molar-refractivity contribution in [3.63, 3.8) is 0 Å². The van der Waals surface area contributed by atoms with Gasteiger partial charge in [0, 0.05) is 42.7 Å². The first-order chi connectivity index (χ1) is 18.7. The summed E-state index contributed by atoms with van der Waals surface area (Å²) >= 11 is 13.0. The fourth-order valence-corrected chi connectivity index (χ4v) is 1.69. The molecule has 3 aromatic heterocycles. The van der Waals surface area contributed by atoms with Crippen molar-refractivity contribution in [2.24, 2.45) is 0 Å². The molecule has 0 saturated carbocycles. The average molecular weight is 1040 g/mol. The Morgan fingerprint density at radius 1 is 1.00 bits per heavy atom. The van der Waals surface area contributed by atoms with Crippen molar-refractivity contribution in [2.75, 3.05) is 18.0 Å². The van der Waals surface area contributed by atoms with Crippen LogP contribution in [0.3, 0.4) is 0 Å². The summed E-state index contributed by atoms with van der Waals surface area (Å²) in [5.41, 5.74) is 0.739. The van der Waals surface area contributed by atoms with Crippen LogP contribution in [0.2, 0.25) is 0 Å². The molecule has 3 heterocycles. The van der Waals surface area contributed by atoms with Gasteiger partial charge in [-0.1, -0.05) is 33.6 Å². The van der Waals surface area contributed by atoms with Crippen molar-refractivity contribution in [3.8, 4) is 0 Å². The number of hydrogen-bond acceptors (Lipinski definition) is 11. The first-order valence-electron chi connectivity index (χ1n) is 9.98. The molecule has 210 valence electrons. The number of halogens is 4. The van der Waals surface area contributed by atoms with Gasteiger partial charge in [-0.2, -0.15) is 0 Å². The van der Waals surface area contributed by atoms with Gasteiger partial charge in [-0.3, -0.25) is 24.1 Å². The summed E-state index contributed by atoms with van der Waals surface area (Å²) in [5.74, 6) is -2.58. The number of ether oxygens (including phenoxy) is 1. The van der Waals surface area contributed by atoms with Gasteiger partial charge in [0.25, 0.3) is 6.47 Å². The van der Waals surface area contributed by atoms with E-state index in [2.05, 4.69) is 40.5 Å². The maximum Gasteiger partial charge on any atom is 1.00 e. The van der Waals surface area contributed by atoms with E-state index in [1.165, 1.54) is 43.1 Å². The van der Waals surface area contributed by atoms with Gasteiger partial charge in [0.05, 0.1) is 30.4 Å². The Labute approximate surface area is 433 Å². The van der Waals surface area contributed by atoms with E-state index < -0.39 is 25.1 Å². The number of hydrogen-bond donors (Lipinski definition) is 1. The maximum absolute atomic E-state index is 10.9. The van der Waals surface area contributed by atoms with Crippen LogP contribution in [-0.2, 0) is 14.4 Å². The number of rotatable bonds is 5. The van der Waals surface area contributed by atoms with Crippen LogP contribution in [0.25, 0.3) is 0 Å². The summed E-state index contributed by atoms with van der Waals surface area (Å²) in [6, 6.07) is 9.20. The number of carboxylic acid groups (broad SMARTS) is 2. The molecular formula is C22H22BrCl2Cs3FN3O9. The predicted octanol–water partition coefficient (Wildman–Crippen LogP) is -6.62. The molecule has 0 spiro atoms. The minimum Gasteiger partial charge on any atom is -1.00 e. The molecule has 1 N–H and O–H groups in total. The Morgan fingerprint density at radius 3 is 1.54 bits per heavy atom. The number of aromatic carboxylic acids is 2. The third kappa shape index (κ3) is 38.5. The smallest absolute Gasteiger partial charge is 1.00 e. The van der Waals surface area contributed by atoms with Crippen molar-refractivity contribution < 1.29 is 258 Å². The topological polar surface area (TPSA) is 192 Å². The van der Waals surface area contributed by atoms with Gasteiger partial charge in [0.15, 0.2) is 6.07 Å². The van der Waals surface area contributed by atoms with Crippen molar-refractivity contribution in [1.29, 1.82) is 0 Å². The molecule has 0 aliphatic carbocycles. The fraction of sp³-hybridized carbons (Fsp3) is 0.136. The number of alkyl halides is 4. The van der Waals surface area contributed by atoms with Gasteiger partial charge in [-0.25, -0.2) is 9.59 Å². The van der Waals surface area contributed by atoms with Crippen molar-refractivity contribution in [3.05, 3.63) is 90.3 Å². The average Bonchev–Trinajstić information content (AvgIpc) is 2.96. The zero-order chi connectivity index (χ0) is 30.3. The number of nitrogens with zero attached hydrogens (tertiary/aromatic N) is 3. The van der Waals surface area contributed by atoms with E-state index in [-0.39, 0.29) is 232 Å². The Balaban J connectivity index is -0.0000000756. The fourth-order valence-electron chi connectivity index (χ4n) is 1.59. The van der Waals surface area contributed by atoms with E-state index in [0.29, 0.717) is 10.4 Å². The first-order valence-corrected chi connectivity index (χ1v) is 11.5. The number of carboxylic acids is 2. The summed E-state index contributed by atoms with van der Waals surface area (Å²) in [4.78, 5) is 53.8. The minimum atomic E-state index is -1.19. The van der Waals surface area contributed by atoms with Crippen LogP contribution >= 0.6 is 39.1 Å². The minimum absolute atomic E-state index is 0. The number of aromatic nitrogens is 3. The molecule has 0 aliphatic heterocycles. The number of carbonyl (C=O) groups excluding carboxylic acids is 3. The second kappa shape index (κ2) is 44.6. The predicted molar refractivity (Wildman–Crippen MR) is 135 cm³/mol. The molecule has 12 nitrogen and oxygen atoms in total. The van der Waals surface area contributed by atoms with Crippen LogP contribution in [0.4, 0.5) is 4.39 Å². The molecule has 0 saturated heterocycles. The first kappa shape index (κ1) is 52.9. The Morgan fingerprint density at radius 2 is 1.34 bits per heavy atom. The number of carbonyl (C=O) groups is 4. The summed E-state index contributed by atoms with van der Waals surface area (Å²) < 4.78 is 20.0. The van der Waals surface area contributed by atoms with Crippen molar-refractivity contribution in [2.45, 2.75) is 0 Å². The van der Waals surface area contributed by atoms with Gasteiger partial charge in [-0.15, -0.1) is 11.6 Å². The molecule has 3 aromatic rings. The van der Waals surface area contributed by atoms with Crippen molar-refractivity contribution >= 4 is 63.5 Å². The van der Waals surface area contributed by atoms with Gasteiger partial charge in [0.1, 0.15) is 0 Å². The van der Waals surface area contributed by atoms with E-state index in [1.54, 1.807) is 30.5 Å². The van der Waals surface area contributed by atoms with Crippen LogP contribution in [0.5, 0.6) is 0 Å². The molecule has 0 atom stereocenters. The molecule has 0 radical (unpaired) electrons. The molecule has 41 heavy (non-hydrogen) atoms. The monoisotopic (exact) mass is 1040 g/mol. The Hall–Kier alpha value is 2.44. The normalized spacial score (nSPS) is 7.78. The summed E-state index contributed by atoms with van der Waals surface area (Å²) in [5, 5.41) is 26.8. The van der Waals surface area contributed by atoms with Crippen LogP contribution in [-0.4, -0.2) is 62.4 Å². The van der Waals surface area contributed by atoms with Gasteiger partial charge in [-0.05, 0) is 30.3 Å². The Kier molecular flexibility index (Phi) is 57.5. The third-order valence-electron chi connectivity index (χ3n) is 2.93. The van der Waals surface area contributed by atoms with Crippen LogP contribution < -0.4 is 217 Å².